The van der Waals surface area contributed by atoms with E-state index in [-0.39, 0.29) is 0 Å². The SMILES string of the molecule is CN1CCCCC1CCc1ccccc1N. The van der Waals surface area contributed by atoms with Crippen LogP contribution in [0.4, 0.5) is 5.69 Å². The van der Waals surface area contributed by atoms with Crippen molar-refractivity contribution in [3.8, 4) is 0 Å². The molecule has 0 radical (unpaired) electrons. The molecule has 0 bridgehead atoms. The number of nitrogens with two attached hydrogens (primary N) is 1. The van der Waals surface area contributed by atoms with Crippen LogP contribution in [0.3, 0.4) is 0 Å². The van der Waals surface area contributed by atoms with E-state index in [4.69, 9.17) is 5.73 Å². The summed E-state index contributed by atoms with van der Waals surface area (Å²) in [6, 6.07) is 8.99. The van der Waals surface area contributed by atoms with Gasteiger partial charge in [-0.15, -0.1) is 0 Å². The standard InChI is InChI=1S/C14H22N2/c1-16-11-5-4-7-13(16)10-9-12-6-2-3-8-14(12)15/h2-3,6,8,13H,4-5,7,9-11,15H2,1H3. The molecule has 0 aromatic heterocycles. The zero-order valence-electron chi connectivity index (χ0n) is 10.2. The van der Waals surface area contributed by atoms with Gasteiger partial charge in [-0.2, -0.15) is 0 Å². The Hall–Kier alpha value is -1.02. The molecule has 2 nitrogen and oxygen atoms in total. The lowest BCUT2D eigenvalue weighted by Crippen LogP contribution is -2.36. The van der Waals surface area contributed by atoms with Gasteiger partial charge in [-0.3, -0.25) is 0 Å². The van der Waals surface area contributed by atoms with E-state index in [0.29, 0.717) is 0 Å². The molecule has 16 heavy (non-hydrogen) atoms. The molecule has 88 valence electrons. The second-order valence-electron chi connectivity index (χ2n) is 4.87. The van der Waals surface area contributed by atoms with Gasteiger partial charge >= 0.3 is 0 Å². The Bertz CT molecular complexity index is 335. The fraction of sp³-hybridized carbons (Fsp3) is 0.571. The first-order chi connectivity index (χ1) is 7.77. The van der Waals surface area contributed by atoms with E-state index in [1.165, 1.54) is 37.8 Å². The molecule has 0 amide bonds. The van der Waals surface area contributed by atoms with Crippen LogP contribution in [0.1, 0.15) is 31.2 Å². The van der Waals surface area contributed by atoms with Gasteiger partial charge in [0.2, 0.25) is 0 Å². The average molecular weight is 218 g/mol. The van der Waals surface area contributed by atoms with Gasteiger partial charge in [0.1, 0.15) is 0 Å². The highest BCUT2D eigenvalue weighted by molar-refractivity contribution is 5.46. The normalized spacial score (nSPS) is 22.2. The molecule has 0 aliphatic carbocycles. The van der Waals surface area contributed by atoms with E-state index in [2.05, 4.69) is 24.1 Å². The number of benzene rings is 1. The van der Waals surface area contributed by atoms with E-state index in [0.717, 1.165) is 18.2 Å². The quantitative estimate of drug-likeness (QED) is 0.790. The van der Waals surface area contributed by atoms with Crippen molar-refractivity contribution in [1.29, 1.82) is 0 Å². The number of nitrogen functional groups attached to an aromatic ring is 1. The van der Waals surface area contributed by atoms with Crippen LogP contribution >= 0.6 is 0 Å². The van der Waals surface area contributed by atoms with Crippen molar-refractivity contribution >= 4 is 5.69 Å². The van der Waals surface area contributed by atoms with E-state index in [1.54, 1.807) is 0 Å². The van der Waals surface area contributed by atoms with Gasteiger partial charge in [-0.1, -0.05) is 24.6 Å². The summed E-state index contributed by atoms with van der Waals surface area (Å²) in [6.45, 7) is 1.26. The molecule has 1 saturated heterocycles. The highest BCUT2D eigenvalue weighted by atomic mass is 15.1. The zero-order chi connectivity index (χ0) is 11.4. The highest BCUT2D eigenvalue weighted by Gasteiger charge is 2.18. The Morgan fingerprint density at radius 2 is 2.12 bits per heavy atom. The highest BCUT2D eigenvalue weighted by Crippen LogP contribution is 2.21. The van der Waals surface area contributed by atoms with Crippen molar-refractivity contribution in [2.75, 3.05) is 19.3 Å². The first-order valence-corrected chi connectivity index (χ1v) is 6.31. The summed E-state index contributed by atoms with van der Waals surface area (Å²) < 4.78 is 0. The smallest absolute Gasteiger partial charge is 0.0346 e. The van der Waals surface area contributed by atoms with Crippen LogP contribution in [0.25, 0.3) is 0 Å². The molecule has 1 heterocycles. The number of nitrogens with zero attached hydrogens (tertiary/aromatic N) is 1. The van der Waals surface area contributed by atoms with Crippen molar-refractivity contribution in [2.24, 2.45) is 0 Å². The maximum absolute atomic E-state index is 5.96. The minimum atomic E-state index is 0.758. The third kappa shape index (κ3) is 2.76. The maximum Gasteiger partial charge on any atom is 0.0346 e. The van der Waals surface area contributed by atoms with Crippen LogP contribution in [-0.2, 0) is 6.42 Å². The average Bonchev–Trinajstić information content (AvgIpc) is 2.30. The first kappa shape index (κ1) is 11.5. The van der Waals surface area contributed by atoms with E-state index < -0.39 is 0 Å². The predicted octanol–water partition coefficient (Wildman–Crippen LogP) is 2.69. The summed E-state index contributed by atoms with van der Waals surface area (Å²) in [5.41, 5.74) is 8.21. The Morgan fingerprint density at radius 1 is 1.31 bits per heavy atom. The summed E-state index contributed by atoms with van der Waals surface area (Å²) in [5, 5.41) is 0. The monoisotopic (exact) mass is 218 g/mol. The van der Waals surface area contributed by atoms with Crippen molar-refractivity contribution in [3.63, 3.8) is 0 Å². The van der Waals surface area contributed by atoms with Crippen LogP contribution in [0.5, 0.6) is 0 Å². The molecule has 2 heteroatoms. The molecule has 1 fully saturated rings. The number of hydrogen-bond donors (Lipinski definition) is 1. The summed E-state index contributed by atoms with van der Waals surface area (Å²) in [6.07, 6.45) is 6.45. The molecule has 1 aliphatic heterocycles. The number of piperidine rings is 1. The second-order valence-corrected chi connectivity index (χ2v) is 4.87. The number of hydrogen-bond acceptors (Lipinski definition) is 2. The Balaban J connectivity index is 1.89. The number of anilines is 1. The van der Waals surface area contributed by atoms with E-state index >= 15 is 0 Å². The lowest BCUT2D eigenvalue weighted by Gasteiger charge is -2.32. The predicted molar refractivity (Wildman–Crippen MR) is 69.4 cm³/mol. The van der Waals surface area contributed by atoms with Crippen molar-refractivity contribution in [1.82, 2.24) is 4.90 Å². The van der Waals surface area contributed by atoms with Gasteiger partial charge in [0.15, 0.2) is 0 Å². The number of para-hydroxylation sites is 1. The Labute approximate surface area is 98.4 Å². The molecule has 1 aromatic carbocycles. The Morgan fingerprint density at radius 3 is 2.88 bits per heavy atom. The molecular weight excluding hydrogens is 196 g/mol. The summed E-state index contributed by atoms with van der Waals surface area (Å²) in [7, 11) is 2.25. The molecule has 1 unspecified atom stereocenters. The zero-order valence-corrected chi connectivity index (χ0v) is 10.2. The molecule has 1 atom stereocenters. The van der Waals surface area contributed by atoms with E-state index in [1.807, 2.05) is 12.1 Å². The van der Waals surface area contributed by atoms with Crippen LogP contribution in [0.15, 0.2) is 24.3 Å². The molecular formula is C14H22N2. The van der Waals surface area contributed by atoms with Gasteiger partial charge in [-0.05, 0) is 50.9 Å². The van der Waals surface area contributed by atoms with Gasteiger partial charge in [0.05, 0.1) is 0 Å². The van der Waals surface area contributed by atoms with E-state index in [9.17, 15) is 0 Å². The fourth-order valence-corrected chi connectivity index (χ4v) is 2.59. The van der Waals surface area contributed by atoms with Crippen LogP contribution in [0, 0.1) is 0 Å². The minimum Gasteiger partial charge on any atom is -0.399 e. The molecule has 1 aliphatic rings. The lowest BCUT2D eigenvalue weighted by atomic mass is 9.96. The number of rotatable bonds is 3. The lowest BCUT2D eigenvalue weighted by molar-refractivity contribution is 0.176. The molecule has 1 aromatic rings. The number of likely N-dealkylation sites (tertiary alicyclic amines) is 1. The molecule has 0 saturated carbocycles. The minimum absolute atomic E-state index is 0.758. The number of aryl methyl sites for hydroxylation is 1. The topological polar surface area (TPSA) is 29.3 Å². The molecule has 2 rings (SSSR count). The largest absolute Gasteiger partial charge is 0.399 e. The van der Waals surface area contributed by atoms with Gasteiger partial charge < -0.3 is 10.6 Å². The summed E-state index contributed by atoms with van der Waals surface area (Å²) >= 11 is 0. The maximum atomic E-state index is 5.96. The Kier molecular flexibility index (Phi) is 3.83. The van der Waals surface area contributed by atoms with Gasteiger partial charge in [0, 0.05) is 11.7 Å². The summed E-state index contributed by atoms with van der Waals surface area (Å²) in [4.78, 5) is 2.50. The molecule has 2 N–H and O–H groups in total. The first-order valence-electron chi connectivity index (χ1n) is 6.31. The van der Waals surface area contributed by atoms with Crippen LogP contribution in [0.2, 0.25) is 0 Å². The summed E-state index contributed by atoms with van der Waals surface area (Å²) in [5.74, 6) is 0. The molecule has 0 spiro atoms. The third-order valence-electron chi connectivity index (χ3n) is 3.72. The van der Waals surface area contributed by atoms with Crippen molar-refractivity contribution in [3.05, 3.63) is 29.8 Å². The third-order valence-corrected chi connectivity index (χ3v) is 3.72. The second kappa shape index (κ2) is 5.35. The van der Waals surface area contributed by atoms with Crippen molar-refractivity contribution in [2.45, 2.75) is 38.1 Å². The van der Waals surface area contributed by atoms with Crippen LogP contribution in [-0.4, -0.2) is 24.5 Å². The van der Waals surface area contributed by atoms with Crippen LogP contribution < -0.4 is 5.73 Å². The van der Waals surface area contributed by atoms with Crippen molar-refractivity contribution < 1.29 is 0 Å². The van der Waals surface area contributed by atoms with Gasteiger partial charge in [0.25, 0.3) is 0 Å². The van der Waals surface area contributed by atoms with Gasteiger partial charge in [-0.25, -0.2) is 0 Å². The fourth-order valence-electron chi connectivity index (χ4n) is 2.59.